The zero-order valence-corrected chi connectivity index (χ0v) is 17.6. The molecule has 5 nitrogen and oxygen atoms in total. The number of sulfonamides is 1. The third-order valence-corrected chi connectivity index (χ3v) is 5.90. The zero-order valence-electron chi connectivity index (χ0n) is 16.8. The van der Waals surface area contributed by atoms with Gasteiger partial charge in [0.05, 0.1) is 12.2 Å². The molecular formula is C22H27N3O2S. The van der Waals surface area contributed by atoms with Crippen molar-refractivity contribution in [2.45, 2.75) is 51.1 Å². The number of hydrogen-bond acceptors (Lipinski definition) is 3. The van der Waals surface area contributed by atoms with E-state index in [0.29, 0.717) is 12.2 Å². The Morgan fingerprint density at radius 2 is 1.61 bits per heavy atom. The Morgan fingerprint density at radius 1 is 0.964 bits per heavy atom. The van der Waals surface area contributed by atoms with E-state index >= 15 is 0 Å². The number of aryl methyl sites for hydroxylation is 1. The van der Waals surface area contributed by atoms with Gasteiger partial charge in [-0.2, -0.15) is 5.10 Å². The maximum Gasteiger partial charge on any atom is 0.244 e. The second kappa shape index (κ2) is 7.89. The molecule has 1 heterocycles. The molecule has 0 unspecified atom stereocenters. The number of benzene rings is 2. The number of nitrogens with one attached hydrogen (secondary N) is 1. The third kappa shape index (κ3) is 4.88. The molecule has 0 aliphatic rings. The first-order valence-electron chi connectivity index (χ1n) is 9.32. The average molecular weight is 398 g/mol. The molecule has 148 valence electrons. The van der Waals surface area contributed by atoms with Crippen LogP contribution in [0.3, 0.4) is 0 Å². The van der Waals surface area contributed by atoms with Gasteiger partial charge in [0.15, 0.2) is 0 Å². The van der Waals surface area contributed by atoms with Crippen molar-refractivity contribution in [1.29, 1.82) is 0 Å². The fourth-order valence-electron chi connectivity index (χ4n) is 2.93. The molecule has 6 heteroatoms. The van der Waals surface area contributed by atoms with Crippen molar-refractivity contribution in [1.82, 2.24) is 14.5 Å². The standard InChI is InChI=1S/C22H27N3O2S/c1-17-10-12-18(13-11-17)14-23-28(26,27)20-16-25(24-21(20)22(2,3)4)15-19-8-6-5-7-9-19/h5-13,16,23H,14-15H2,1-4H3. The summed E-state index contributed by atoms with van der Waals surface area (Å²) in [5, 5.41) is 4.61. The Hall–Kier alpha value is -2.44. The summed E-state index contributed by atoms with van der Waals surface area (Å²) < 4.78 is 30.5. The van der Waals surface area contributed by atoms with Crippen molar-refractivity contribution in [2.75, 3.05) is 0 Å². The summed E-state index contributed by atoms with van der Waals surface area (Å²) in [5.41, 5.74) is 3.31. The van der Waals surface area contributed by atoms with Crippen LogP contribution < -0.4 is 4.72 Å². The van der Waals surface area contributed by atoms with E-state index in [2.05, 4.69) is 9.82 Å². The van der Waals surface area contributed by atoms with E-state index in [1.807, 2.05) is 82.3 Å². The molecule has 0 atom stereocenters. The second-order valence-electron chi connectivity index (χ2n) is 8.09. The van der Waals surface area contributed by atoms with Gasteiger partial charge in [-0.3, -0.25) is 4.68 Å². The van der Waals surface area contributed by atoms with Crippen LogP contribution in [0.2, 0.25) is 0 Å². The topological polar surface area (TPSA) is 64.0 Å². The first kappa shape index (κ1) is 20.3. The van der Waals surface area contributed by atoms with Crippen LogP contribution in [0, 0.1) is 6.92 Å². The minimum atomic E-state index is -3.69. The predicted octanol–water partition coefficient (Wildman–Crippen LogP) is 4.02. The van der Waals surface area contributed by atoms with Crippen LogP contribution in [-0.4, -0.2) is 18.2 Å². The SMILES string of the molecule is Cc1ccc(CNS(=O)(=O)c2cn(Cc3ccccc3)nc2C(C)(C)C)cc1. The molecule has 0 fully saturated rings. The van der Waals surface area contributed by atoms with Crippen LogP contribution in [0.15, 0.2) is 65.7 Å². The van der Waals surface area contributed by atoms with Crippen LogP contribution in [0.1, 0.15) is 43.2 Å². The molecule has 2 aromatic carbocycles. The fraction of sp³-hybridized carbons (Fsp3) is 0.318. The summed E-state index contributed by atoms with van der Waals surface area (Å²) in [6.07, 6.45) is 1.63. The molecule has 0 aliphatic carbocycles. The van der Waals surface area contributed by atoms with Gasteiger partial charge in [0.25, 0.3) is 0 Å². The van der Waals surface area contributed by atoms with Crippen LogP contribution in [0.25, 0.3) is 0 Å². The Balaban J connectivity index is 1.88. The van der Waals surface area contributed by atoms with E-state index in [1.165, 1.54) is 0 Å². The van der Waals surface area contributed by atoms with Gasteiger partial charge < -0.3 is 0 Å². The lowest BCUT2D eigenvalue weighted by Crippen LogP contribution is -2.26. The third-order valence-electron chi connectivity index (χ3n) is 4.50. The van der Waals surface area contributed by atoms with Gasteiger partial charge in [0.1, 0.15) is 4.90 Å². The lowest BCUT2D eigenvalue weighted by Gasteiger charge is -2.17. The van der Waals surface area contributed by atoms with E-state index < -0.39 is 15.4 Å². The van der Waals surface area contributed by atoms with Crippen molar-refractivity contribution >= 4 is 10.0 Å². The van der Waals surface area contributed by atoms with Gasteiger partial charge in [-0.25, -0.2) is 13.1 Å². The van der Waals surface area contributed by atoms with E-state index in [0.717, 1.165) is 16.7 Å². The maximum atomic E-state index is 13.0. The largest absolute Gasteiger partial charge is 0.267 e. The van der Waals surface area contributed by atoms with E-state index in [9.17, 15) is 8.42 Å². The molecule has 3 rings (SSSR count). The average Bonchev–Trinajstić information content (AvgIpc) is 3.07. The molecule has 0 bridgehead atoms. The summed E-state index contributed by atoms with van der Waals surface area (Å²) in [5.74, 6) is 0. The van der Waals surface area contributed by atoms with Gasteiger partial charge in [0.2, 0.25) is 10.0 Å². The highest BCUT2D eigenvalue weighted by molar-refractivity contribution is 7.89. The van der Waals surface area contributed by atoms with Gasteiger partial charge in [-0.1, -0.05) is 80.9 Å². The van der Waals surface area contributed by atoms with Crippen LogP contribution >= 0.6 is 0 Å². The monoisotopic (exact) mass is 397 g/mol. The van der Waals surface area contributed by atoms with Crippen LogP contribution in [-0.2, 0) is 28.5 Å². The highest BCUT2D eigenvalue weighted by Gasteiger charge is 2.29. The van der Waals surface area contributed by atoms with E-state index in [-0.39, 0.29) is 11.4 Å². The van der Waals surface area contributed by atoms with Crippen LogP contribution in [0.4, 0.5) is 0 Å². The Morgan fingerprint density at radius 3 is 2.21 bits per heavy atom. The Labute approximate surface area is 167 Å². The summed E-state index contributed by atoms with van der Waals surface area (Å²) in [6, 6.07) is 17.7. The highest BCUT2D eigenvalue weighted by atomic mass is 32.2. The molecular weight excluding hydrogens is 370 g/mol. The zero-order chi connectivity index (χ0) is 20.4. The molecule has 0 radical (unpaired) electrons. The minimum absolute atomic E-state index is 0.239. The summed E-state index contributed by atoms with van der Waals surface area (Å²) >= 11 is 0. The van der Waals surface area contributed by atoms with Crippen molar-refractivity contribution < 1.29 is 8.42 Å². The summed E-state index contributed by atoms with van der Waals surface area (Å²) in [7, 11) is -3.69. The molecule has 0 aliphatic heterocycles. The Kier molecular flexibility index (Phi) is 5.72. The van der Waals surface area contributed by atoms with Gasteiger partial charge in [-0.15, -0.1) is 0 Å². The molecule has 1 N–H and O–H groups in total. The number of nitrogens with zero attached hydrogens (tertiary/aromatic N) is 2. The normalized spacial score (nSPS) is 12.3. The van der Waals surface area contributed by atoms with Gasteiger partial charge in [-0.05, 0) is 18.1 Å². The molecule has 28 heavy (non-hydrogen) atoms. The second-order valence-corrected chi connectivity index (χ2v) is 9.82. The molecule has 1 aromatic heterocycles. The molecule has 0 amide bonds. The fourth-order valence-corrected chi connectivity index (χ4v) is 4.31. The summed E-state index contributed by atoms with van der Waals surface area (Å²) in [4.78, 5) is 0.239. The van der Waals surface area contributed by atoms with Crippen LogP contribution in [0.5, 0.6) is 0 Å². The quantitative estimate of drug-likeness (QED) is 0.683. The predicted molar refractivity (Wildman–Crippen MR) is 112 cm³/mol. The molecule has 0 spiro atoms. The van der Waals surface area contributed by atoms with Gasteiger partial charge >= 0.3 is 0 Å². The first-order chi connectivity index (χ1) is 13.1. The molecule has 0 saturated carbocycles. The number of rotatable bonds is 6. The lowest BCUT2D eigenvalue weighted by atomic mass is 9.92. The van der Waals surface area contributed by atoms with Crippen molar-refractivity contribution in [3.8, 4) is 0 Å². The molecule has 0 saturated heterocycles. The number of aromatic nitrogens is 2. The van der Waals surface area contributed by atoms with Crippen molar-refractivity contribution in [3.63, 3.8) is 0 Å². The number of hydrogen-bond donors (Lipinski definition) is 1. The van der Waals surface area contributed by atoms with E-state index in [4.69, 9.17) is 0 Å². The van der Waals surface area contributed by atoms with Crippen molar-refractivity contribution in [3.05, 3.63) is 83.2 Å². The summed E-state index contributed by atoms with van der Waals surface area (Å²) in [6.45, 7) is 8.70. The minimum Gasteiger partial charge on any atom is -0.267 e. The first-order valence-corrected chi connectivity index (χ1v) is 10.8. The lowest BCUT2D eigenvalue weighted by molar-refractivity contribution is 0.531. The molecule has 3 aromatic rings. The van der Waals surface area contributed by atoms with Crippen molar-refractivity contribution in [2.24, 2.45) is 0 Å². The highest BCUT2D eigenvalue weighted by Crippen LogP contribution is 2.28. The smallest absolute Gasteiger partial charge is 0.244 e. The maximum absolute atomic E-state index is 13.0. The van der Waals surface area contributed by atoms with E-state index in [1.54, 1.807) is 10.9 Å². The van der Waals surface area contributed by atoms with Gasteiger partial charge in [0, 0.05) is 18.2 Å². The Bertz CT molecular complexity index is 1030.